The fraction of sp³-hybridized carbons (Fsp3) is 0.625. The van der Waals surface area contributed by atoms with Gasteiger partial charge in [0.25, 0.3) is 0 Å². The van der Waals surface area contributed by atoms with Crippen molar-refractivity contribution in [1.29, 1.82) is 0 Å². The van der Waals surface area contributed by atoms with Crippen LogP contribution in [0.5, 0.6) is 0 Å². The third kappa shape index (κ3) is 4.92. The zero-order valence-electron chi connectivity index (χ0n) is 12.2. The number of hydrogen-bond donors (Lipinski definition) is 1. The van der Waals surface area contributed by atoms with Gasteiger partial charge < -0.3 is 10.2 Å². The van der Waals surface area contributed by atoms with E-state index in [4.69, 9.17) is 23.2 Å². The van der Waals surface area contributed by atoms with Crippen molar-refractivity contribution in [1.82, 2.24) is 10.2 Å². The molecule has 1 atom stereocenters. The van der Waals surface area contributed by atoms with Crippen LogP contribution in [0.1, 0.15) is 44.2 Å². The van der Waals surface area contributed by atoms with E-state index in [1.165, 1.54) is 45.3 Å². The van der Waals surface area contributed by atoms with E-state index in [0.717, 1.165) is 22.2 Å². The molecule has 1 fully saturated rings. The highest BCUT2D eigenvalue weighted by atomic mass is 35.5. The van der Waals surface area contributed by atoms with Crippen molar-refractivity contribution in [2.24, 2.45) is 0 Å². The summed E-state index contributed by atoms with van der Waals surface area (Å²) in [5.74, 6) is 0. The number of hydrogen-bond acceptors (Lipinski definition) is 2. The minimum Gasteiger partial charge on any atom is -0.310 e. The Morgan fingerprint density at radius 1 is 1.20 bits per heavy atom. The minimum atomic E-state index is 0.238. The molecule has 0 aromatic heterocycles. The van der Waals surface area contributed by atoms with Crippen LogP contribution < -0.4 is 5.32 Å². The fourth-order valence-corrected chi connectivity index (χ4v) is 3.22. The van der Waals surface area contributed by atoms with Crippen LogP contribution in [0.4, 0.5) is 0 Å². The number of nitrogens with one attached hydrogen (secondary N) is 1. The summed E-state index contributed by atoms with van der Waals surface area (Å²) >= 11 is 12.2. The molecule has 0 aliphatic carbocycles. The Morgan fingerprint density at radius 3 is 2.70 bits per heavy atom. The topological polar surface area (TPSA) is 15.3 Å². The second-order valence-electron chi connectivity index (χ2n) is 5.60. The van der Waals surface area contributed by atoms with Gasteiger partial charge in [-0.05, 0) is 76.1 Å². The van der Waals surface area contributed by atoms with Crippen LogP contribution in [-0.2, 0) is 0 Å². The monoisotopic (exact) mass is 314 g/mol. The molecule has 20 heavy (non-hydrogen) atoms. The molecule has 2 nitrogen and oxygen atoms in total. The van der Waals surface area contributed by atoms with Crippen molar-refractivity contribution in [3.63, 3.8) is 0 Å². The molecule has 0 radical (unpaired) electrons. The van der Waals surface area contributed by atoms with Crippen molar-refractivity contribution < 1.29 is 0 Å². The van der Waals surface area contributed by atoms with Crippen LogP contribution in [0, 0.1) is 0 Å². The van der Waals surface area contributed by atoms with Gasteiger partial charge in [0.15, 0.2) is 0 Å². The normalized spacial score (nSPS) is 18.1. The number of benzene rings is 1. The van der Waals surface area contributed by atoms with Crippen molar-refractivity contribution in [2.45, 2.75) is 38.6 Å². The van der Waals surface area contributed by atoms with Crippen LogP contribution in [0.15, 0.2) is 18.2 Å². The minimum absolute atomic E-state index is 0.238. The lowest BCUT2D eigenvalue weighted by Gasteiger charge is -2.26. The molecule has 112 valence electrons. The molecule has 0 bridgehead atoms. The van der Waals surface area contributed by atoms with Crippen LogP contribution >= 0.6 is 23.2 Å². The van der Waals surface area contributed by atoms with Gasteiger partial charge in [-0.1, -0.05) is 29.6 Å². The largest absolute Gasteiger partial charge is 0.310 e. The first kappa shape index (κ1) is 16.1. The molecule has 4 heteroatoms. The average molecular weight is 315 g/mol. The van der Waals surface area contributed by atoms with E-state index in [-0.39, 0.29) is 6.04 Å². The maximum absolute atomic E-state index is 6.22. The van der Waals surface area contributed by atoms with E-state index in [9.17, 15) is 0 Å². The van der Waals surface area contributed by atoms with Crippen LogP contribution in [0.3, 0.4) is 0 Å². The summed E-state index contributed by atoms with van der Waals surface area (Å²) < 4.78 is 0. The van der Waals surface area contributed by atoms with E-state index in [1.807, 2.05) is 18.2 Å². The number of halogens is 2. The molecule has 1 heterocycles. The molecule has 0 amide bonds. The van der Waals surface area contributed by atoms with Gasteiger partial charge in [-0.2, -0.15) is 0 Å². The van der Waals surface area contributed by atoms with Crippen molar-refractivity contribution in [3.05, 3.63) is 33.8 Å². The average Bonchev–Trinajstić information content (AvgIpc) is 2.47. The van der Waals surface area contributed by atoms with Gasteiger partial charge in [-0.25, -0.2) is 0 Å². The highest BCUT2D eigenvalue weighted by Crippen LogP contribution is 2.26. The van der Waals surface area contributed by atoms with E-state index in [2.05, 4.69) is 17.1 Å². The zero-order valence-corrected chi connectivity index (χ0v) is 13.7. The van der Waals surface area contributed by atoms with E-state index in [0.29, 0.717) is 0 Å². The molecular weight excluding hydrogens is 291 g/mol. The summed E-state index contributed by atoms with van der Waals surface area (Å²) in [5.41, 5.74) is 1.08. The molecule has 1 aliphatic rings. The number of nitrogens with zero attached hydrogens (tertiary/aromatic N) is 1. The fourth-order valence-electron chi connectivity index (χ4n) is 2.76. The number of likely N-dealkylation sites (tertiary alicyclic amines) is 1. The smallest absolute Gasteiger partial charge is 0.0454 e. The molecule has 2 rings (SSSR count). The maximum atomic E-state index is 6.22. The lowest BCUT2D eigenvalue weighted by molar-refractivity contribution is 0.225. The Labute approximate surface area is 132 Å². The van der Waals surface area contributed by atoms with E-state index < -0.39 is 0 Å². The lowest BCUT2D eigenvalue weighted by Crippen LogP contribution is -2.32. The van der Waals surface area contributed by atoms with Gasteiger partial charge in [-0.3, -0.25) is 0 Å². The summed E-state index contributed by atoms with van der Waals surface area (Å²) in [6.07, 6.45) is 5.31. The SMILES string of the molecule is CC(NCCCN1CCCCC1)c1cc(Cl)ccc1Cl. The van der Waals surface area contributed by atoms with Gasteiger partial charge in [0.2, 0.25) is 0 Å². The van der Waals surface area contributed by atoms with Gasteiger partial charge in [0, 0.05) is 16.1 Å². The molecule has 1 unspecified atom stereocenters. The van der Waals surface area contributed by atoms with Gasteiger partial charge in [-0.15, -0.1) is 0 Å². The zero-order chi connectivity index (χ0) is 14.4. The third-order valence-electron chi connectivity index (χ3n) is 3.97. The Kier molecular flexibility index (Phi) is 6.63. The molecule has 1 aromatic carbocycles. The van der Waals surface area contributed by atoms with Gasteiger partial charge in [0.05, 0.1) is 0 Å². The van der Waals surface area contributed by atoms with Crippen molar-refractivity contribution in [2.75, 3.05) is 26.2 Å². The summed E-state index contributed by atoms with van der Waals surface area (Å²) in [4.78, 5) is 2.57. The molecule has 1 aromatic rings. The molecule has 0 saturated carbocycles. The first-order valence-corrected chi connectivity index (χ1v) is 8.33. The Balaban J connectivity index is 1.71. The highest BCUT2D eigenvalue weighted by molar-refractivity contribution is 6.33. The van der Waals surface area contributed by atoms with Crippen LogP contribution in [0.25, 0.3) is 0 Å². The molecule has 1 saturated heterocycles. The van der Waals surface area contributed by atoms with Gasteiger partial charge in [0.1, 0.15) is 0 Å². The predicted molar refractivity (Wildman–Crippen MR) is 87.8 cm³/mol. The number of rotatable bonds is 6. The van der Waals surface area contributed by atoms with Crippen LogP contribution in [-0.4, -0.2) is 31.1 Å². The quantitative estimate of drug-likeness (QED) is 0.777. The Morgan fingerprint density at radius 2 is 1.95 bits per heavy atom. The van der Waals surface area contributed by atoms with E-state index in [1.54, 1.807) is 0 Å². The molecule has 1 N–H and O–H groups in total. The molecule has 0 spiro atoms. The summed E-state index contributed by atoms with van der Waals surface area (Å²) in [5, 5.41) is 5.06. The second-order valence-corrected chi connectivity index (χ2v) is 6.44. The lowest BCUT2D eigenvalue weighted by atomic mass is 10.1. The summed E-state index contributed by atoms with van der Waals surface area (Å²) in [6.45, 7) is 6.90. The predicted octanol–water partition coefficient (Wildman–Crippen LogP) is 4.52. The van der Waals surface area contributed by atoms with Gasteiger partial charge >= 0.3 is 0 Å². The Bertz CT molecular complexity index is 417. The van der Waals surface area contributed by atoms with E-state index >= 15 is 0 Å². The second kappa shape index (κ2) is 8.23. The first-order valence-electron chi connectivity index (χ1n) is 7.57. The third-order valence-corrected chi connectivity index (χ3v) is 4.55. The number of piperidine rings is 1. The standard InChI is InChI=1S/C16H24Cl2N2/c1-13(15-12-14(17)6-7-16(15)18)19-8-5-11-20-9-3-2-4-10-20/h6-7,12-13,19H,2-5,8-11H2,1H3. The van der Waals surface area contributed by atoms with Crippen molar-refractivity contribution in [3.8, 4) is 0 Å². The maximum Gasteiger partial charge on any atom is 0.0454 e. The Hall–Kier alpha value is -0.280. The summed E-state index contributed by atoms with van der Waals surface area (Å²) in [6, 6.07) is 5.89. The van der Waals surface area contributed by atoms with Crippen LogP contribution in [0.2, 0.25) is 10.0 Å². The molecule has 1 aliphatic heterocycles. The summed E-state index contributed by atoms with van der Waals surface area (Å²) in [7, 11) is 0. The van der Waals surface area contributed by atoms with Crippen molar-refractivity contribution >= 4 is 23.2 Å². The highest BCUT2D eigenvalue weighted by Gasteiger charge is 2.11. The first-order chi connectivity index (χ1) is 9.66. The molecular formula is C16H24Cl2N2.